The zero-order valence-electron chi connectivity index (χ0n) is 12.0. The van der Waals surface area contributed by atoms with Crippen LogP contribution in [0.1, 0.15) is 10.4 Å². The van der Waals surface area contributed by atoms with Crippen LogP contribution in [-0.4, -0.2) is 32.4 Å². The summed E-state index contributed by atoms with van der Waals surface area (Å²) in [6.07, 6.45) is 0. The molecule has 2 aromatic rings. The maximum Gasteiger partial charge on any atom is 0.339 e. The van der Waals surface area contributed by atoms with Crippen LogP contribution >= 0.6 is 0 Å². The van der Waals surface area contributed by atoms with Gasteiger partial charge in [0.1, 0.15) is 22.8 Å². The molecule has 0 aromatic heterocycles. The van der Waals surface area contributed by atoms with Gasteiger partial charge < -0.3 is 19.3 Å². The molecule has 0 aliphatic rings. The Morgan fingerprint density at radius 1 is 0.952 bits per heavy atom. The Labute approximate surface area is 122 Å². The number of carbonyl (C=O) groups is 1. The van der Waals surface area contributed by atoms with Gasteiger partial charge in [-0.05, 0) is 24.3 Å². The third-order valence-electron chi connectivity index (χ3n) is 3.15. The number of hydrogen-bond donors (Lipinski definition) is 1. The summed E-state index contributed by atoms with van der Waals surface area (Å²) in [5.74, 6) is 0.498. The van der Waals surface area contributed by atoms with Crippen LogP contribution in [0.2, 0.25) is 0 Å². The van der Waals surface area contributed by atoms with Crippen molar-refractivity contribution in [3.05, 3.63) is 42.0 Å². The molecule has 0 amide bonds. The van der Waals surface area contributed by atoms with Gasteiger partial charge in [-0.3, -0.25) is 0 Å². The van der Waals surface area contributed by atoms with Gasteiger partial charge in [0.15, 0.2) is 0 Å². The van der Waals surface area contributed by atoms with Crippen molar-refractivity contribution in [1.29, 1.82) is 0 Å². The zero-order valence-corrected chi connectivity index (χ0v) is 12.0. The number of rotatable bonds is 5. The van der Waals surface area contributed by atoms with Gasteiger partial charge in [0.2, 0.25) is 0 Å². The Morgan fingerprint density at radius 3 is 2.29 bits per heavy atom. The van der Waals surface area contributed by atoms with E-state index in [9.17, 15) is 9.90 Å². The lowest BCUT2D eigenvalue weighted by atomic mass is 10.00. The minimum Gasteiger partial charge on any atom is -0.497 e. The van der Waals surface area contributed by atoms with Gasteiger partial charge in [-0.2, -0.15) is 0 Å². The first-order chi connectivity index (χ1) is 10.1. The molecule has 0 unspecified atom stereocenters. The van der Waals surface area contributed by atoms with E-state index in [1.807, 2.05) is 0 Å². The lowest BCUT2D eigenvalue weighted by Crippen LogP contribution is -2.02. The van der Waals surface area contributed by atoms with Gasteiger partial charge in [-0.1, -0.05) is 12.1 Å². The fourth-order valence-electron chi connectivity index (χ4n) is 2.16. The highest BCUT2D eigenvalue weighted by Crippen LogP contribution is 2.40. The van der Waals surface area contributed by atoms with Crippen LogP contribution in [0.4, 0.5) is 0 Å². The number of ether oxygens (including phenoxy) is 3. The van der Waals surface area contributed by atoms with E-state index in [0.717, 1.165) is 0 Å². The van der Waals surface area contributed by atoms with E-state index in [1.54, 1.807) is 44.6 Å². The smallest absolute Gasteiger partial charge is 0.339 e. The monoisotopic (exact) mass is 288 g/mol. The first-order valence-corrected chi connectivity index (χ1v) is 6.25. The summed E-state index contributed by atoms with van der Waals surface area (Å²) in [7, 11) is 4.56. The van der Waals surface area contributed by atoms with Gasteiger partial charge in [0.05, 0.1) is 21.3 Å². The highest BCUT2D eigenvalue weighted by molar-refractivity contribution is 5.95. The Bertz CT molecular complexity index is 664. The Morgan fingerprint density at radius 2 is 1.71 bits per heavy atom. The van der Waals surface area contributed by atoms with E-state index >= 15 is 0 Å². The molecule has 110 valence electrons. The minimum absolute atomic E-state index is 0.0971. The van der Waals surface area contributed by atoms with Crippen LogP contribution in [0, 0.1) is 0 Å². The normalized spacial score (nSPS) is 10.0. The number of carboxylic acids is 1. The van der Waals surface area contributed by atoms with Crippen LogP contribution in [-0.2, 0) is 0 Å². The van der Waals surface area contributed by atoms with Crippen molar-refractivity contribution in [1.82, 2.24) is 0 Å². The summed E-state index contributed by atoms with van der Waals surface area (Å²) in [5.41, 5.74) is 1.44. The quantitative estimate of drug-likeness (QED) is 0.916. The molecule has 0 bridgehead atoms. The topological polar surface area (TPSA) is 65.0 Å². The average molecular weight is 288 g/mol. The van der Waals surface area contributed by atoms with Gasteiger partial charge in [0, 0.05) is 11.1 Å². The molecule has 1 N–H and O–H groups in total. The lowest BCUT2D eigenvalue weighted by molar-refractivity contribution is 0.0693. The molecule has 0 heterocycles. The molecule has 21 heavy (non-hydrogen) atoms. The van der Waals surface area contributed by atoms with Crippen molar-refractivity contribution in [3.8, 4) is 28.4 Å². The second-order valence-electron chi connectivity index (χ2n) is 4.26. The maximum atomic E-state index is 11.3. The predicted octanol–water partition coefficient (Wildman–Crippen LogP) is 3.08. The van der Waals surface area contributed by atoms with Crippen LogP contribution < -0.4 is 14.2 Å². The molecule has 0 saturated heterocycles. The fraction of sp³-hybridized carbons (Fsp3) is 0.188. The molecule has 0 radical (unpaired) electrons. The first-order valence-electron chi connectivity index (χ1n) is 6.25. The van der Waals surface area contributed by atoms with E-state index in [0.29, 0.717) is 22.6 Å². The highest BCUT2D eigenvalue weighted by Gasteiger charge is 2.18. The standard InChI is InChI=1S/C16H16O5/c1-19-10-7-8-14(20-2)13(9-10)11-5-4-6-12(16(17)18)15(11)21-3/h4-9H,1-3H3,(H,17,18). The number of carboxylic acid groups (broad SMARTS) is 1. The molecule has 2 rings (SSSR count). The highest BCUT2D eigenvalue weighted by atomic mass is 16.5. The number of benzene rings is 2. The van der Waals surface area contributed by atoms with Crippen LogP contribution in [0.25, 0.3) is 11.1 Å². The molecule has 0 aliphatic heterocycles. The van der Waals surface area contributed by atoms with E-state index < -0.39 is 5.97 Å². The third-order valence-corrected chi connectivity index (χ3v) is 3.15. The summed E-state index contributed by atoms with van der Waals surface area (Å²) in [6.45, 7) is 0. The molecule has 0 spiro atoms. The summed E-state index contributed by atoms with van der Waals surface area (Å²) in [5, 5.41) is 9.26. The number of methoxy groups -OCH3 is 3. The number of aromatic carboxylic acids is 1. The molecule has 0 atom stereocenters. The van der Waals surface area contributed by atoms with Crippen LogP contribution in [0.3, 0.4) is 0 Å². The van der Waals surface area contributed by atoms with Gasteiger partial charge in [-0.15, -0.1) is 0 Å². The second-order valence-corrected chi connectivity index (χ2v) is 4.26. The lowest BCUT2D eigenvalue weighted by Gasteiger charge is -2.15. The van der Waals surface area contributed by atoms with E-state index in [2.05, 4.69) is 0 Å². The van der Waals surface area contributed by atoms with Crippen molar-refractivity contribution in [3.63, 3.8) is 0 Å². The minimum atomic E-state index is -1.05. The first kappa shape index (κ1) is 14.7. The largest absolute Gasteiger partial charge is 0.497 e. The predicted molar refractivity (Wildman–Crippen MR) is 78.5 cm³/mol. The van der Waals surface area contributed by atoms with Gasteiger partial charge in [-0.25, -0.2) is 4.79 Å². The molecule has 0 aliphatic carbocycles. The summed E-state index contributed by atoms with van der Waals surface area (Å²) >= 11 is 0. The Hall–Kier alpha value is -2.69. The average Bonchev–Trinajstić information content (AvgIpc) is 2.53. The summed E-state index contributed by atoms with van der Waals surface area (Å²) < 4.78 is 15.8. The van der Waals surface area contributed by atoms with Crippen LogP contribution in [0.5, 0.6) is 17.2 Å². The summed E-state index contributed by atoms with van der Waals surface area (Å²) in [6, 6.07) is 10.3. The van der Waals surface area contributed by atoms with Crippen molar-refractivity contribution in [2.75, 3.05) is 21.3 Å². The fourth-order valence-corrected chi connectivity index (χ4v) is 2.16. The molecule has 5 heteroatoms. The SMILES string of the molecule is COc1ccc(OC)c(-c2cccc(C(=O)O)c2OC)c1. The summed E-state index contributed by atoms with van der Waals surface area (Å²) in [4.78, 5) is 11.3. The Balaban J connectivity index is 2.71. The van der Waals surface area contributed by atoms with E-state index in [4.69, 9.17) is 14.2 Å². The molecule has 0 fully saturated rings. The van der Waals surface area contributed by atoms with Gasteiger partial charge >= 0.3 is 5.97 Å². The van der Waals surface area contributed by atoms with E-state index in [-0.39, 0.29) is 11.3 Å². The molecular weight excluding hydrogens is 272 g/mol. The number of hydrogen-bond acceptors (Lipinski definition) is 4. The number of para-hydroxylation sites is 1. The van der Waals surface area contributed by atoms with Crippen molar-refractivity contribution in [2.24, 2.45) is 0 Å². The van der Waals surface area contributed by atoms with Gasteiger partial charge in [0.25, 0.3) is 0 Å². The molecule has 0 saturated carbocycles. The van der Waals surface area contributed by atoms with Crippen molar-refractivity contribution < 1.29 is 24.1 Å². The van der Waals surface area contributed by atoms with Crippen molar-refractivity contribution >= 4 is 5.97 Å². The molecule has 2 aromatic carbocycles. The molecule has 5 nitrogen and oxygen atoms in total. The third kappa shape index (κ3) is 2.76. The van der Waals surface area contributed by atoms with Crippen LogP contribution in [0.15, 0.2) is 36.4 Å². The zero-order chi connectivity index (χ0) is 15.4. The Kier molecular flexibility index (Phi) is 4.33. The van der Waals surface area contributed by atoms with E-state index in [1.165, 1.54) is 13.2 Å². The second kappa shape index (κ2) is 6.17. The van der Waals surface area contributed by atoms with Crippen molar-refractivity contribution in [2.45, 2.75) is 0 Å². The maximum absolute atomic E-state index is 11.3. The molecular formula is C16H16O5.